The minimum atomic E-state index is 0.0114. The van der Waals surface area contributed by atoms with E-state index in [4.69, 9.17) is 0 Å². The molecule has 6 atom stereocenters. The number of nitrogens with zero attached hydrogens (tertiary/aromatic N) is 2. The van der Waals surface area contributed by atoms with E-state index in [1.807, 2.05) is 0 Å². The highest BCUT2D eigenvalue weighted by atomic mass is 16.1. The summed E-state index contributed by atoms with van der Waals surface area (Å²) in [6.07, 6.45) is 18.2. The van der Waals surface area contributed by atoms with Gasteiger partial charge in [-0.3, -0.25) is 9.69 Å². The Morgan fingerprint density at radius 1 is 0.900 bits per heavy atom. The molecule has 2 heterocycles. The monoisotopic (exact) mass is 408 g/mol. The number of fused-ring (bicyclic) bond motifs is 5. The molecule has 2 saturated heterocycles. The van der Waals surface area contributed by atoms with Crippen LogP contribution in [0.25, 0.3) is 0 Å². The Hall–Kier alpha value is -1.09. The topological polar surface area (TPSA) is 23.6 Å². The van der Waals surface area contributed by atoms with Gasteiger partial charge in [0, 0.05) is 18.5 Å². The molecule has 3 nitrogen and oxygen atoms in total. The summed E-state index contributed by atoms with van der Waals surface area (Å²) in [5, 5.41) is 0. The predicted octanol–water partition coefficient (Wildman–Crippen LogP) is 5.18. The summed E-state index contributed by atoms with van der Waals surface area (Å²) in [7, 11) is 0. The van der Waals surface area contributed by atoms with Crippen LogP contribution in [0.3, 0.4) is 0 Å². The molecule has 0 N–H and O–H groups in total. The van der Waals surface area contributed by atoms with Crippen LogP contribution in [0.1, 0.15) is 78.1 Å². The van der Waals surface area contributed by atoms with Crippen LogP contribution >= 0.6 is 0 Å². The van der Waals surface area contributed by atoms with Crippen molar-refractivity contribution in [1.29, 1.82) is 0 Å². The molecule has 4 aliphatic carbocycles. The average molecular weight is 409 g/mol. The maximum atomic E-state index is 14.1. The Morgan fingerprint density at radius 2 is 1.63 bits per heavy atom. The van der Waals surface area contributed by atoms with Gasteiger partial charge in [0.25, 0.3) is 0 Å². The molecule has 0 aromatic heterocycles. The molecule has 0 spiro atoms. The van der Waals surface area contributed by atoms with Crippen LogP contribution in [0.4, 0.5) is 0 Å². The maximum Gasteiger partial charge on any atom is 0.196 e. The number of Topliss-reactive ketones (excluding diaryl/α,β-unsaturated/α-hetero) is 1. The number of allylic oxidation sites excluding steroid dienone is 2. The first-order chi connectivity index (χ1) is 14.5. The minimum Gasteiger partial charge on any atom is -0.369 e. The summed E-state index contributed by atoms with van der Waals surface area (Å²) < 4.78 is 0. The van der Waals surface area contributed by atoms with Crippen LogP contribution < -0.4 is 0 Å². The number of hydrogen-bond acceptors (Lipinski definition) is 3. The summed E-state index contributed by atoms with van der Waals surface area (Å²) in [5.41, 5.74) is 3.15. The van der Waals surface area contributed by atoms with E-state index in [-0.39, 0.29) is 11.5 Å². The fourth-order valence-electron chi connectivity index (χ4n) is 9.01. The van der Waals surface area contributed by atoms with E-state index >= 15 is 0 Å². The summed E-state index contributed by atoms with van der Waals surface area (Å²) in [4.78, 5) is 19.2. The zero-order valence-corrected chi connectivity index (χ0v) is 19.2. The SMILES string of the molecule is C[C@@]12CCC[C@H]1[C@@H]1CC=C3C=C(N4CCCC4)C(=O)C(N4CCCC4)[C@]3(C)[C@H]1CC2. The van der Waals surface area contributed by atoms with Gasteiger partial charge in [0.1, 0.15) is 0 Å². The van der Waals surface area contributed by atoms with Crippen molar-refractivity contribution in [2.45, 2.75) is 84.1 Å². The van der Waals surface area contributed by atoms with Crippen LogP contribution in [0.5, 0.6) is 0 Å². The highest BCUT2D eigenvalue weighted by Crippen LogP contribution is 2.64. The van der Waals surface area contributed by atoms with Crippen molar-refractivity contribution >= 4 is 5.78 Å². The Labute approximate surface area is 182 Å². The highest BCUT2D eigenvalue weighted by Gasteiger charge is 2.60. The summed E-state index contributed by atoms with van der Waals surface area (Å²) >= 11 is 0. The molecular formula is C27H40N2O. The van der Waals surface area contributed by atoms with Gasteiger partial charge in [-0.25, -0.2) is 0 Å². The molecular weight excluding hydrogens is 368 g/mol. The zero-order valence-electron chi connectivity index (χ0n) is 19.2. The van der Waals surface area contributed by atoms with Gasteiger partial charge < -0.3 is 4.90 Å². The first-order valence-corrected chi connectivity index (χ1v) is 13.0. The van der Waals surface area contributed by atoms with Crippen LogP contribution in [-0.4, -0.2) is 47.8 Å². The second-order valence-electron chi connectivity index (χ2n) is 11.9. The molecule has 3 heteroatoms. The van der Waals surface area contributed by atoms with Crippen molar-refractivity contribution in [3.63, 3.8) is 0 Å². The Kier molecular flexibility index (Phi) is 4.54. The fourth-order valence-corrected chi connectivity index (χ4v) is 9.01. The van der Waals surface area contributed by atoms with Crippen LogP contribution in [0.2, 0.25) is 0 Å². The number of likely N-dealkylation sites (tertiary alicyclic amines) is 2. The van der Waals surface area contributed by atoms with Crippen LogP contribution in [0.15, 0.2) is 23.4 Å². The zero-order chi connectivity index (χ0) is 20.5. The molecule has 6 rings (SSSR count). The largest absolute Gasteiger partial charge is 0.369 e. The van der Waals surface area contributed by atoms with Crippen molar-refractivity contribution in [3.8, 4) is 0 Å². The maximum absolute atomic E-state index is 14.1. The molecule has 0 aromatic rings. The summed E-state index contributed by atoms with van der Waals surface area (Å²) in [6.45, 7) is 9.46. The van der Waals surface area contributed by atoms with Gasteiger partial charge >= 0.3 is 0 Å². The van der Waals surface area contributed by atoms with E-state index in [9.17, 15) is 4.79 Å². The molecule has 0 bridgehead atoms. The predicted molar refractivity (Wildman–Crippen MR) is 121 cm³/mol. The molecule has 1 unspecified atom stereocenters. The van der Waals surface area contributed by atoms with Crippen LogP contribution in [0, 0.1) is 28.6 Å². The third-order valence-corrected chi connectivity index (χ3v) is 10.5. The van der Waals surface area contributed by atoms with Gasteiger partial charge in [-0.1, -0.05) is 26.3 Å². The molecule has 2 aliphatic heterocycles. The standard InChI is InChI=1S/C27H40N2O/c1-26-12-7-8-21(26)20-10-9-19-18-23(28-14-3-4-15-28)24(30)25(29-16-5-6-17-29)27(19,2)22(20)11-13-26/h9,18,20-22,25H,3-8,10-17H2,1-2H3/t20-,21-,22-,25?,26-,27-/m0/s1. The van der Waals surface area contributed by atoms with E-state index < -0.39 is 0 Å². The van der Waals surface area contributed by atoms with Gasteiger partial charge in [-0.05, 0) is 106 Å². The van der Waals surface area contributed by atoms with E-state index in [0.717, 1.165) is 43.7 Å². The number of carbonyl (C=O) groups excluding carboxylic acids is 1. The molecule has 0 radical (unpaired) electrons. The number of hydrogen-bond donors (Lipinski definition) is 0. The van der Waals surface area contributed by atoms with Gasteiger partial charge in [0.05, 0.1) is 11.7 Å². The first-order valence-electron chi connectivity index (χ1n) is 13.0. The van der Waals surface area contributed by atoms with Crippen molar-refractivity contribution in [3.05, 3.63) is 23.4 Å². The second-order valence-corrected chi connectivity index (χ2v) is 11.9. The number of carbonyl (C=O) groups is 1. The lowest BCUT2D eigenvalue weighted by atomic mass is 9.47. The van der Waals surface area contributed by atoms with Crippen LogP contribution in [-0.2, 0) is 4.79 Å². The van der Waals surface area contributed by atoms with E-state index in [1.54, 1.807) is 0 Å². The molecule has 4 fully saturated rings. The smallest absolute Gasteiger partial charge is 0.196 e. The third-order valence-electron chi connectivity index (χ3n) is 10.5. The Morgan fingerprint density at radius 3 is 2.40 bits per heavy atom. The van der Waals surface area contributed by atoms with Gasteiger partial charge in [0.15, 0.2) is 5.78 Å². The average Bonchev–Trinajstić information content (AvgIpc) is 3.48. The first kappa shape index (κ1) is 19.6. The van der Waals surface area contributed by atoms with Crippen molar-refractivity contribution in [2.75, 3.05) is 26.2 Å². The number of ketones is 1. The molecule has 0 amide bonds. The van der Waals surface area contributed by atoms with E-state index in [2.05, 4.69) is 35.8 Å². The second kappa shape index (κ2) is 6.95. The highest BCUT2D eigenvalue weighted by molar-refractivity contribution is 6.02. The van der Waals surface area contributed by atoms with Gasteiger partial charge in [-0.15, -0.1) is 0 Å². The lowest BCUT2D eigenvalue weighted by Crippen LogP contribution is -2.61. The fraction of sp³-hybridized carbons (Fsp3) is 0.815. The molecule has 0 aromatic carbocycles. The minimum absolute atomic E-state index is 0.0114. The summed E-state index contributed by atoms with van der Waals surface area (Å²) in [5.74, 6) is 2.81. The van der Waals surface area contributed by atoms with Gasteiger partial charge in [-0.2, -0.15) is 0 Å². The van der Waals surface area contributed by atoms with E-state index in [0.29, 0.717) is 17.1 Å². The van der Waals surface area contributed by atoms with E-state index in [1.165, 1.54) is 69.8 Å². The van der Waals surface area contributed by atoms with Gasteiger partial charge in [0.2, 0.25) is 0 Å². The number of rotatable bonds is 2. The third kappa shape index (κ3) is 2.63. The van der Waals surface area contributed by atoms with Crippen molar-refractivity contribution < 1.29 is 4.79 Å². The van der Waals surface area contributed by atoms with Crippen molar-refractivity contribution in [1.82, 2.24) is 9.80 Å². The Balaban J connectivity index is 1.45. The lowest BCUT2D eigenvalue weighted by Gasteiger charge is -2.59. The normalized spacial score (nSPS) is 46.3. The summed E-state index contributed by atoms with van der Waals surface area (Å²) in [6, 6.07) is 0.0745. The van der Waals surface area contributed by atoms with Crippen molar-refractivity contribution in [2.24, 2.45) is 28.6 Å². The molecule has 164 valence electrons. The molecule has 6 aliphatic rings. The lowest BCUT2D eigenvalue weighted by molar-refractivity contribution is -0.131. The quantitative estimate of drug-likeness (QED) is 0.629. The molecule has 30 heavy (non-hydrogen) atoms. The molecule has 2 saturated carbocycles. The Bertz CT molecular complexity index is 787.